The third-order valence-electron chi connectivity index (χ3n) is 6.49. The van der Waals surface area contributed by atoms with E-state index in [0.29, 0.717) is 38.8 Å². The van der Waals surface area contributed by atoms with Gasteiger partial charge in [-0.3, -0.25) is 4.79 Å². The maximum Gasteiger partial charge on any atom is 0.225 e. The maximum absolute atomic E-state index is 12.7. The maximum atomic E-state index is 12.7. The van der Waals surface area contributed by atoms with E-state index in [-0.39, 0.29) is 29.0 Å². The Labute approximate surface area is 159 Å². The van der Waals surface area contributed by atoms with Gasteiger partial charge in [0.05, 0.1) is 21.7 Å². The SMILES string of the molecule is CC1(C(=O)NCC2CC3(C2)CC(NCc2cscn2)CCS3(=O)=O)CC1. The lowest BCUT2D eigenvalue weighted by molar-refractivity contribution is -0.126. The van der Waals surface area contributed by atoms with Crippen LogP contribution in [-0.2, 0) is 21.2 Å². The first kappa shape index (κ1) is 18.4. The third-order valence-corrected chi connectivity index (χ3v) is 9.72. The molecule has 144 valence electrons. The number of amides is 1. The summed E-state index contributed by atoms with van der Waals surface area (Å²) in [7, 11) is -3.05. The molecule has 1 unspecified atom stereocenters. The third kappa shape index (κ3) is 3.43. The number of aromatic nitrogens is 1. The summed E-state index contributed by atoms with van der Waals surface area (Å²) in [6.45, 7) is 3.31. The lowest BCUT2D eigenvalue weighted by Crippen LogP contribution is -2.59. The predicted molar refractivity (Wildman–Crippen MR) is 102 cm³/mol. The van der Waals surface area contributed by atoms with Crippen LogP contribution in [0.15, 0.2) is 10.9 Å². The van der Waals surface area contributed by atoms with Crippen molar-refractivity contribution in [3.8, 4) is 0 Å². The predicted octanol–water partition coefficient (Wildman–Crippen LogP) is 1.87. The first-order chi connectivity index (χ1) is 12.3. The van der Waals surface area contributed by atoms with Crippen molar-refractivity contribution in [3.05, 3.63) is 16.6 Å². The van der Waals surface area contributed by atoms with Crippen LogP contribution in [0.25, 0.3) is 0 Å². The Morgan fingerprint density at radius 1 is 1.35 bits per heavy atom. The minimum Gasteiger partial charge on any atom is -0.355 e. The molecule has 1 atom stereocenters. The summed E-state index contributed by atoms with van der Waals surface area (Å²) in [6.07, 6.45) is 4.65. The van der Waals surface area contributed by atoms with E-state index in [1.165, 1.54) is 0 Å². The van der Waals surface area contributed by atoms with Gasteiger partial charge in [-0.05, 0) is 44.4 Å². The Bertz CT molecular complexity index is 766. The minimum absolute atomic E-state index is 0.132. The monoisotopic (exact) mass is 397 g/mol. The fourth-order valence-electron chi connectivity index (χ4n) is 4.36. The van der Waals surface area contributed by atoms with Gasteiger partial charge in [0, 0.05) is 29.9 Å². The molecule has 1 aromatic rings. The smallest absolute Gasteiger partial charge is 0.225 e. The van der Waals surface area contributed by atoms with Gasteiger partial charge in [0.2, 0.25) is 5.91 Å². The van der Waals surface area contributed by atoms with Crippen LogP contribution >= 0.6 is 11.3 Å². The largest absolute Gasteiger partial charge is 0.355 e. The molecule has 2 saturated carbocycles. The molecule has 2 aliphatic carbocycles. The van der Waals surface area contributed by atoms with Gasteiger partial charge < -0.3 is 10.6 Å². The van der Waals surface area contributed by atoms with Gasteiger partial charge in [-0.2, -0.15) is 0 Å². The highest BCUT2D eigenvalue weighted by atomic mass is 32.2. The van der Waals surface area contributed by atoms with E-state index in [1.54, 1.807) is 11.3 Å². The van der Waals surface area contributed by atoms with E-state index in [2.05, 4.69) is 15.6 Å². The second kappa shape index (κ2) is 6.56. The van der Waals surface area contributed by atoms with Crippen LogP contribution in [0.5, 0.6) is 0 Å². The van der Waals surface area contributed by atoms with E-state index in [0.717, 1.165) is 18.5 Å². The molecule has 1 saturated heterocycles. The highest BCUT2D eigenvalue weighted by Gasteiger charge is 2.56. The number of sulfone groups is 1. The van der Waals surface area contributed by atoms with E-state index in [4.69, 9.17) is 0 Å². The molecule has 3 fully saturated rings. The van der Waals surface area contributed by atoms with Gasteiger partial charge in [-0.25, -0.2) is 13.4 Å². The summed E-state index contributed by atoms with van der Waals surface area (Å²) in [4.78, 5) is 16.3. The van der Waals surface area contributed by atoms with Crippen LogP contribution in [0.1, 0.15) is 51.1 Å². The number of carbonyl (C=O) groups excluding carboxylic acids is 1. The van der Waals surface area contributed by atoms with Gasteiger partial charge in [-0.15, -0.1) is 11.3 Å². The Morgan fingerprint density at radius 3 is 2.77 bits per heavy atom. The Hall–Kier alpha value is -0.990. The molecule has 0 radical (unpaired) electrons. The second-order valence-electron chi connectivity index (χ2n) is 8.60. The van der Waals surface area contributed by atoms with Crippen molar-refractivity contribution in [2.75, 3.05) is 12.3 Å². The van der Waals surface area contributed by atoms with Gasteiger partial charge in [0.25, 0.3) is 0 Å². The Kier molecular flexibility index (Phi) is 4.64. The van der Waals surface area contributed by atoms with Crippen molar-refractivity contribution in [1.29, 1.82) is 0 Å². The van der Waals surface area contributed by atoms with Crippen LogP contribution in [0.3, 0.4) is 0 Å². The van der Waals surface area contributed by atoms with Crippen LogP contribution in [0.2, 0.25) is 0 Å². The summed E-state index contributed by atoms with van der Waals surface area (Å²) in [5, 5.41) is 8.54. The Morgan fingerprint density at radius 2 is 2.12 bits per heavy atom. The molecule has 4 rings (SSSR count). The molecule has 2 heterocycles. The van der Waals surface area contributed by atoms with Crippen molar-refractivity contribution < 1.29 is 13.2 Å². The summed E-state index contributed by atoms with van der Waals surface area (Å²) in [5.74, 6) is 0.680. The lowest BCUT2D eigenvalue weighted by atomic mass is 9.70. The van der Waals surface area contributed by atoms with Crippen molar-refractivity contribution in [2.45, 2.75) is 62.8 Å². The fraction of sp³-hybridized carbons (Fsp3) is 0.778. The van der Waals surface area contributed by atoms with Gasteiger partial charge in [0.15, 0.2) is 9.84 Å². The number of carbonyl (C=O) groups is 1. The molecule has 1 aliphatic heterocycles. The summed E-state index contributed by atoms with van der Waals surface area (Å²) in [5.41, 5.74) is 2.67. The quantitative estimate of drug-likeness (QED) is 0.765. The topological polar surface area (TPSA) is 88.2 Å². The van der Waals surface area contributed by atoms with Crippen LogP contribution in [0, 0.1) is 11.3 Å². The van der Waals surface area contributed by atoms with Crippen LogP contribution in [-0.4, -0.2) is 42.4 Å². The van der Waals surface area contributed by atoms with Crippen molar-refractivity contribution in [2.24, 2.45) is 11.3 Å². The van der Waals surface area contributed by atoms with Crippen molar-refractivity contribution in [3.63, 3.8) is 0 Å². The highest BCUT2D eigenvalue weighted by Crippen LogP contribution is 2.50. The first-order valence-corrected chi connectivity index (χ1v) is 12.0. The molecular weight excluding hydrogens is 370 g/mol. The average molecular weight is 398 g/mol. The van der Waals surface area contributed by atoms with Crippen molar-refractivity contribution >= 4 is 27.1 Å². The number of nitrogens with one attached hydrogen (secondary N) is 2. The van der Waals surface area contributed by atoms with Gasteiger partial charge >= 0.3 is 0 Å². The zero-order valence-electron chi connectivity index (χ0n) is 15.2. The van der Waals surface area contributed by atoms with E-state index in [1.807, 2.05) is 17.8 Å². The van der Waals surface area contributed by atoms with Gasteiger partial charge in [-0.1, -0.05) is 6.92 Å². The molecule has 2 N–H and O–H groups in total. The summed E-state index contributed by atoms with van der Waals surface area (Å²) in [6, 6.07) is 0.223. The van der Waals surface area contributed by atoms with E-state index >= 15 is 0 Å². The minimum atomic E-state index is -3.05. The molecule has 1 spiro atoms. The van der Waals surface area contributed by atoms with Crippen molar-refractivity contribution in [1.82, 2.24) is 15.6 Å². The first-order valence-electron chi connectivity index (χ1n) is 9.43. The summed E-state index contributed by atoms with van der Waals surface area (Å²) >= 11 is 1.57. The second-order valence-corrected chi connectivity index (χ2v) is 11.8. The molecule has 8 heteroatoms. The number of nitrogens with zero attached hydrogens (tertiary/aromatic N) is 1. The number of hydrogen-bond donors (Lipinski definition) is 2. The number of rotatable bonds is 6. The highest BCUT2D eigenvalue weighted by molar-refractivity contribution is 7.92. The Balaban J connectivity index is 1.30. The molecule has 3 aliphatic rings. The molecule has 0 aromatic carbocycles. The fourth-order valence-corrected chi connectivity index (χ4v) is 7.38. The molecule has 0 bridgehead atoms. The summed E-state index contributed by atoms with van der Waals surface area (Å²) < 4.78 is 24.8. The molecule has 26 heavy (non-hydrogen) atoms. The molecular formula is C18H27N3O3S2. The average Bonchev–Trinajstić information content (AvgIpc) is 3.11. The van der Waals surface area contributed by atoms with Crippen LogP contribution < -0.4 is 10.6 Å². The molecule has 6 nitrogen and oxygen atoms in total. The van der Waals surface area contributed by atoms with E-state index < -0.39 is 14.6 Å². The number of hydrogen-bond acceptors (Lipinski definition) is 6. The normalized spacial score (nSPS) is 34.2. The molecule has 1 aromatic heterocycles. The zero-order valence-corrected chi connectivity index (χ0v) is 16.8. The van der Waals surface area contributed by atoms with Crippen LogP contribution in [0.4, 0.5) is 0 Å². The lowest BCUT2D eigenvalue weighted by Gasteiger charge is -2.51. The molecule has 1 amide bonds. The van der Waals surface area contributed by atoms with E-state index in [9.17, 15) is 13.2 Å². The van der Waals surface area contributed by atoms with Gasteiger partial charge in [0.1, 0.15) is 0 Å². The number of thiazole rings is 1. The standard InChI is InChI=1S/C18H27N3O3S2/c1-17(3-4-17)16(22)20-9-13-6-18(7-13)8-14(2-5-26(18,23)24)19-10-15-11-25-12-21-15/h11-14,19H,2-10H2,1H3,(H,20,22). The zero-order chi connectivity index (χ0) is 18.4.